The van der Waals surface area contributed by atoms with E-state index in [4.69, 9.17) is 0 Å². The highest BCUT2D eigenvalue weighted by Gasteiger charge is 2.40. The number of fused-ring (bicyclic) bond motifs is 3. The van der Waals surface area contributed by atoms with Gasteiger partial charge in [-0.3, -0.25) is 0 Å². The van der Waals surface area contributed by atoms with E-state index in [0.717, 1.165) is 28.7 Å². The molecule has 0 heterocycles. The first-order chi connectivity index (χ1) is 9.84. The van der Waals surface area contributed by atoms with Crippen LogP contribution in [0.2, 0.25) is 0 Å². The van der Waals surface area contributed by atoms with Crippen LogP contribution in [0.5, 0.6) is 0 Å². The number of aliphatic hydroxyl groups excluding tert-OH is 2. The molecule has 2 N–H and O–H groups in total. The summed E-state index contributed by atoms with van der Waals surface area (Å²) in [5, 5.41) is 20.8. The van der Waals surface area contributed by atoms with E-state index < -0.39 is 0 Å². The van der Waals surface area contributed by atoms with Crippen LogP contribution < -0.4 is 0 Å². The van der Waals surface area contributed by atoms with Crippen LogP contribution >= 0.6 is 0 Å². The van der Waals surface area contributed by atoms with Gasteiger partial charge < -0.3 is 10.2 Å². The predicted octanol–water partition coefficient (Wildman–Crippen LogP) is 5.14. The smallest absolute Gasteiger partial charge is 0.123 e. The summed E-state index contributed by atoms with van der Waals surface area (Å²) in [6, 6.07) is 6.32. The fraction of sp³-hybridized carbons (Fsp3) is 0.368. The van der Waals surface area contributed by atoms with Crippen molar-refractivity contribution in [3.63, 3.8) is 0 Å². The number of allylic oxidation sites excluding steroid dienone is 4. The molecular formula is C19H22O2. The first-order valence-electron chi connectivity index (χ1n) is 7.51. The Morgan fingerprint density at radius 3 is 2.57 bits per heavy atom. The third kappa shape index (κ3) is 1.93. The van der Waals surface area contributed by atoms with Crippen molar-refractivity contribution in [3.8, 4) is 0 Å². The molecule has 0 spiro atoms. The number of hydrogen-bond donors (Lipinski definition) is 2. The maximum absolute atomic E-state index is 10.4. The Hall–Kier alpha value is -1.96. The van der Waals surface area contributed by atoms with E-state index >= 15 is 0 Å². The lowest BCUT2D eigenvalue weighted by molar-refractivity contribution is 0.387. The second-order valence-electron chi connectivity index (χ2n) is 6.67. The molecule has 110 valence electrons. The first-order valence-corrected chi connectivity index (χ1v) is 7.51. The molecule has 2 aliphatic carbocycles. The molecule has 1 atom stereocenters. The maximum atomic E-state index is 10.4. The average molecular weight is 282 g/mol. The average Bonchev–Trinajstić information content (AvgIpc) is 2.46. The Kier molecular flexibility index (Phi) is 3.01. The Morgan fingerprint density at radius 1 is 1.19 bits per heavy atom. The van der Waals surface area contributed by atoms with Crippen molar-refractivity contribution >= 4 is 5.76 Å². The van der Waals surface area contributed by atoms with Crippen molar-refractivity contribution < 1.29 is 10.2 Å². The summed E-state index contributed by atoms with van der Waals surface area (Å²) in [4.78, 5) is 0. The largest absolute Gasteiger partial charge is 0.507 e. The van der Waals surface area contributed by atoms with Crippen molar-refractivity contribution in [2.24, 2.45) is 0 Å². The summed E-state index contributed by atoms with van der Waals surface area (Å²) < 4.78 is 0. The molecule has 2 heteroatoms. The van der Waals surface area contributed by atoms with Gasteiger partial charge in [0.05, 0.1) is 0 Å². The van der Waals surface area contributed by atoms with E-state index in [1.807, 2.05) is 6.92 Å². The Morgan fingerprint density at radius 2 is 1.90 bits per heavy atom. The Balaban J connectivity index is 2.25. The third-order valence-corrected chi connectivity index (χ3v) is 4.90. The van der Waals surface area contributed by atoms with E-state index in [9.17, 15) is 10.2 Å². The van der Waals surface area contributed by atoms with Crippen molar-refractivity contribution in [3.05, 3.63) is 63.9 Å². The molecule has 0 fully saturated rings. The minimum atomic E-state index is -0.263. The number of aliphatic hydroxyl groups is 2. The van der Waals surface area contributed by atoms with Gasteiger partial charge in [0.15, 0.2) is 0 Å². The molecule has 0 aromatic heterocycles. The predicted molar refractivity (Wildman–Crippen MR) is 86.5 cm³/mol. The van der Waals surface area contributed by atoms with Crippen LogP contribution in [-0.4, -0.2) is 10.2 Å². The standard InChI is InChI=1S/C19H22O2/c1-11(2)13-5-6-15-14(9-13)17(20)10-16-18(21)12(3)7-8-19(15,16)4/h5-7,9-11,20-21H,8H2,1-4H3. The van der Waals surface area contributed by atoms with Gasteiger partial charge in [0.1, 0.15) is 11.5 Å². The first kappa shape index (κ1) is 14.0. The molecule has 1 aromatic carbocycles. The van der Waals surface area contributed by atoms with Crippen LogP contribution in [0.3, 0.4) is 0 Å². The summed E-state index contributed by atoms with van der Waals surface area (Å²) in [6.45, 7) is 8.34. The summed E-state index contributed by atoms with van der Waals surface area (Å²) in [7, 11) is 0. The Bertz CT molecular complexity index is 704. The van der Waals surface area contributed by atoms with E-state index in [-0.39, 0.29) is 11.2 Å². The quantitative estimate of drug-likeness (QED) is 0.748. The maximum Gasteiger partial charge on any atom is 0.123 e. The van der Waals surface area contributed by atoms with Crippen molar-refractivity contribution in [1.82, 2.24) is 0 Å². The fourth-order valence-corrected chi connectivity index (χ4v) is 3.35. The van der Waals surface area contributed by atoms with Gasteiger partial charge in [-0.15, -0.1) is 0 Å². The second-order valence-corrected chi connectivity index (χ2v) is 6.67. The molecule has 1 aromatic rings. The van der Waals surface area contributed by atoms with Crippen LogP contribution in [-0.2, 0) is 5.41 Å². The number of rotatable bonds is 1. The highest BCUT2D eigenvalue weighted by molar-refractivity contribution is 5.74. The summed E-state index contributed by atoms with van der Waals surface area (Å²) in [5.41, 5.74) is 4.65. The molecule has 0 saturated heterocycles. The lowest BCUT2D eigenvalue weighted by Crippen LogP contribution is -2.31. The van der Waals surface area contributed by atoms with Gasteiger partial charge in [0.25, 0.3) is 0 Å². The summed E-state index contributed by atoms with van der Waals surface area (Å²) in [6.07, 6.45) is 4.66. The lowest BCUT2D eigenvalue weighted by atomic mass is 9.65. The van der Waals surface area contributed by atoms with Gasteiger partial charge in [0.2, 0.25) is 0 Å². The lowest BCUT2D eigenvalue weighted by Gasteiger charge is -2.39. The molecule has 0 amide bonds. The minimum absolute atomic E-state index is 0.251. The molecule has 0 radical (unpaired) electrons. The van der Waals surface area contributed by atoms with E-state index in [1.165, 1.54) is 5.56 Å². The minimum Gasteiger partial charge on any atom is -0.507 e. The fourth-order valence-electron chi connectivity index (χ4n) is 3.35. The van der Waals surface area contributed by atoms with Crippen molar-refractivity contribution in [1.29, 1.82) is 0 Å². The van der Waals surface area contributed by atoms with Gasteiger partial charge in [0, 0.05) is 16.6 Å². The van der Waals surface area contributed by atoms with E-state index in [2.05, 4.69) is 45.0 Å². The van der Waals surface area contributed by atoms with Crippen LogP contribution in [0.15, 0.2) is 47.3 Å². The highest BCUT2D eigenvalue weighted by atomic mass is 16.3. The van der Waals surface area contributed by atoms with Gasteiger partial charge in [-0.25, -0.2) is 0 Å². The molecule has 1 unspecified atom stereocenters. The Labute approximate surface area is 126 Å². The molecule has 0 saturated carbocycles. The van der Waals surface area contributed by atoms with Crippen LogP contribution in [0, 0.1) is 0 Å². The van der Waals surface area contributed by atoms with E-state index in [1.54, 1.807) is 6.08 Å². The molecule has 2 aliphatic rings. The number of hydrogen-bond acceptors (Lipinski definition) is 2. The SMILES string of the molecule is CC1=CCC2(C)C(=C1O)C=C(O)c1cc(C(C)C)ccc12. The molecular weight excluding hydrogens is 260 g/mol. The van der Waals surface area contributed by atoms with Crippen molar-refractivity contribution in [2.75, 3.05) is 0 Å². The zero-order chi connectivity index (χ0) is 15.4. The highest BCUT2D eigenvalue weighted by Crippen LogP contribution is 2.48. The normalized spacial score (nSPS) is 24.4. The monoisotopic (exact) mass is 282 g/mol. The van der Waals surface area contributed by atoms with Gasteiger partial charge in [-0.1, -0.05) is 39.0 Å². The summed E-state index contributed by atoms with van der Waals surface area (Å²) >= 11 is 0. The van der Waals surface area contributed by atoms with Crippen molar-refractivity contribution in [2.45, 2.75) is 45.4 Å². The van der Waals surface area contributed by atoms with Crippen LogP contribution in [0.4, 0.5) is 0 Å². The molecule has 0 aliphatic heterocycles. The third-order valence-electron chi connectivity index (χ3n) is 4.90. The zero-order valence-electron chi connectivity index (χ0n) is 13.1. The van der Waals surface area contributed by atoms with E-state index in [0.29, 0.717) is 11.7 Å². The topological polar surface area (TPSA) is 40.5 Å². The van der Waals surface area contributed by atoms with Crippen LogP contribution in [0.1, 0.15) is 56.7 Å². The second kappa shape index (κ2) is 4.52. The number of benzene rings is 1. The molecule has 0 bridgehead atoms. The zero-order valence-corrected chi connectivity index (χ0v) is 13.1. The molecule has 21 heavy (non-hydrogen) atoms. The van der Waals surface area contributed by atoms with Gasteiger partial charge in [-0.05, 0) is 48.1 Å². The summed E-state index contributed by atoms with van der Waals surface area (Å²) in [5.74, 6) is 0.977. The van der Waals surface area contributed by atoms with Gasteiger partial charge >= 0.3 is 0 Å². The van der Waals surface area contributed by atoms with Crippen LogP contribution in [0.25, 0.3) is 5.76 Å². The molecule has 3 rings (SSSR count). The van der Waals surface area contributed by atoms with Gasteiger partial charge in [-0.2, -0.15) is 0 Å². The molecule has 2 nitrogen and oxygen atoms in total.